The van der Waals surface area contributed by atoms with E-state index in [1.54, 1.807) is 23.9 Å². The average molecular weight is 391 g/mol. The van der Waals surface area contributed by atoms with Crippen LogP contribution >= 0.6 is 34.8 Å². The van der Waals surface area contributed by atoms with E-state index >= 15 is 0 Å². The summed E-state index contributed by atoms with van der Waals surface area (Å²) in [5.74, 6) is 0.594. The molecule has 5 nitrogen and oxygen atoms in total. The van der Waals surface area contributed by atoms with Gasteiger partial charge < -0.3 is 10.1 Å². The largest absolute Gasteiger partial charge is 0.479 e. The van der Waals surface area contributed by atoms with E-state index in [2.05, 4.69) is 17.3 Å². The molecule has 0 aliphatic carbocycles. The fraction of sp³-hybridized carbons (Fsp3) is 0.375. The van der Waals surface area contributed by atoms with Gasteiger partial charge in [-0.3, -0.25) is 4.79 Å². The number of benzene rings is 1. The third-order valence-electron chi connectivity index (χ3n) is 3.58. The SMILES string of the molecule is CC[C@@H](C)n1nccc1NC(=O)[C@@H](C)Oc1cc(Cl)c(Cl)cc1Cl. The topological polar surface area (TPSA) is 56.2 Å². The molecular weight excluding hydrogens is 373 g/mol. The minimum absolute atomic E-state index is 0.177. The second-order valence-corrected chi connectivity index (χ2v) is 6.59. The van der Waals surface area contributed by atoms with Gasteiger partial charge in [0.05, 0.1) is 27.3 Å². The minimum atomic E-state index is -0.778. The Labute approximate surface area is 155 Å². The quantitative estimate of drug-likeness (QED) is 0.688. The summed E-state index contributed by atoms with van der Waals surface area (Å²) >= 11 is 17.9. The minimum Gasteiger partial charge on any atom is -0.479 e. The number of carbonyl (C=O) groups is 1. The Hall–Kier alpha value is -1.43. The van der Waals surface area contributed by atoms with Crippen LogP contribution in [0.3, 0.4) is 0 Å². The molecule has 0 spiro atoms. The zero-order valence-electron chi connectivity index (χ0n) is 13.5. The molecule has 0 aliphatic heterocycles. The van der Waals surface area contributed by atoms with Crippen LogP contribution in [0.2, 0.25) is 15.1 Å². The lowest BCUT2D eigenvalue weighted by Gasteiger charge is -2.18. The predicted molar refractivity (Wildman–Crippen MR) is 97.4 cm³/mol. The first-order valence-corrected chi connectivity index (χ1v) is 8.62. The molecule has 1 amide bonds. The van der Waals surface area contributed by atoms with Crippen LogP contribution in [-0.2, 0) is 4.79 Å². The Kier molecular flexibility index (Phi) is 6.38. The number of nitrogens with zero attached hydrogens (tertiary/aromatic N) is 2. The maximum absolute atomic E-state index is 12.4. The number of carbonyl (C=O) groups excluding carboxylic acids is 1. The molecule has 24 heavy (non-hydrogen) atoms. The molecule has 1 aromatic heterocycles. The van der Waals surface area contributed by atoms with Crippen molar-refractivity contribution in [2.45, 2.75) is 39.3 Å². The van der Waals surface area contributed by atoms with Crippen molar-refractivity contribution >= 4 is 46.5 Å². The molecule has 0 radical (unpaired) electrons. The van der Waals surface area contributed by atoms with Crippen molar-refractivity contribution in [1.29, 1.82) is 0 Å². The summed E-state index contributed by atoms with van der Waals surface area (Å²) in [5, 5.41) is 7.95. The molecule has 0 fully saturated rings. The third kappa shape index (κ3) is 4.35. The lowest BCUT2D eigenvalue weighted by molar-refractivity contribution is -0.122. The number of ether oxygens (including phenoxy) is 1. The van der Waals surface area contributed by atoms with Crippen molar-refractivity contribution in [1.82, 2.24) is 9.78 Å². The first-order valence-electron chi connectivity index (χ1n) is 7.49. The molecule has 2 rings (SSSR count). The van der Waals surface area contributed by atoms with Gasteiger partial charge in [0.25, 0.3) is 5.91 Å². The van der Waals surface area contributed by atoms with Crippen LogP contribution in [-0.4, -0.2) is 21.8 Å². The molecule has 0 bridgehead atoms. The average Bonchev–Trinajstić information content (AvgIpc) is 2.99. The van der Waals surface area contributed by atoms with E-state index in [0.717, 1.165) is 6.42 Å². The van der Waals surface area contributed by atoms with Gasteiger partial charge in [-0.25, -0.2) is 4.68 Å². The summed E-state index contributed by atoms with van der Waals surface area (Å²) < 4.78 is 7.36. The van der Waals surface area contributed by atoms with Crippen LogP contribution < -0.4 is 10.1 Å². The highest BCUT2D eigenvalue weighted by atomic mass is 35.5. The zero-order chi connectivity index (χ0) is 17.9. The number of rotatable bonds is 6. The highest BCUT2D eigenvalue weighted by Crippen LogP contribution is 2.34. The van der Waals surface area contributed by atoms with Gasteiger partial charge in [0.2, 0.25) is 0 Å². The van der Waals surface area contributed by atoms with Gasteiger partial charge in [-0.15, -0.1) is 0 Å². The highest BCUT2D eigenvalue weighted by Gasteiger charge is 2.19. The Morgan fingerprint density at radius 3 is 2.58 bits per heavy atom. The Morgan fingerprint density at radius 2 is 1.92 bits per heavy atom. The van der Waals surface area contributed by atoms with Crippen LogP contribution in [0.15, 0.2) is 24.4 Å². The highest BCUT2D eigenvalue weighted by molar-refractivity contribution is 6.43. The van der Waals surface area contributed by atoms with E-state index in [9.17, 15) is 4.79 Å². The van der Waals surface area contributed by atoms with Gasteiger partial charge in [-0.2, -0.15) is 5.10 Å². The summed E-state index contributed by atoms with van der Waals surface area (Å²) in [4.78, 5) is 12.4. The number of amides is 1. The second kappa shape index (κ2) is 8.10. The molecule has 1 N–H and O–H groups in total. The van der Waals surface area contributed by atoms with Crippen LogP contribution in [0.25, 0.3) is 0 Å². The number of nitrogens with one attached hydrogen (secondary N) is 1. The number of aromatic nitrogens is 2. The predicted octanol–water partition coefficient (Wildman–Crippen LogP) is 5.22. The van der Waals surface area contributed by atoms with Gasteiger partial charge in [0.1, 0.15) is 11.6 Å². The van der Waals surface area contributed by atoms with Crippen LogP contribution in [0.5, 0.6) is 5.75 Å². The third-order valence-corrected chi connectivity index (χ3v) is 4.60. The maximum Gasteiger partial charge on any atom is 0.266 e. The van der Waals surface area contributed by atoms with E-state index in [1.165, 1.54) is 12.1 Å². The zero-order valence-corrected chi connectivity index (χ0v) is 15.8. The summed E-state index contributed by atoms with van der Waals surface area (Å²) in [6, 6.07) is 4.88. The van der Waals surface area contributed by atoms with E-state index in [1.807, 2.05) is 6.92 Å². The van der Waals surface area contributed by atoms with E-state index in [4.69, 9.17) is 39.5 Å². The summed E-state index contributed by atoms with van der Waals surface area (Å²) in [6.45, 7) is 5.70. The van der Waals surface area contributed by atoms with E-state index in [0.29, 0.717) is 21.6 Å². The Bertz CT molecular complexity index is 733. The number of halogens is 3. The number of hydrogen-bond donors (Lipinski definition) is 1. The molecule has 1 heterocycles. The molecule has 0 saturated heterocycles. The molecule has 0 unspecified atom stereocenters. The van der Waals surface area contributed by atoms with Crippen molar-refractivity contribution in [2.75, 3.05) is 5.32 Å². The molecular formula is C16H18Cl3N3O2. The van der Waals surface area contributed by atoms with Crippen molar-refractivity contribution < 1.29 is 9.53 Å². The molecule has 1 aromatic carbocycles. The molecule has 0 saturated carbocycles. The fourth-order valence-electron chi connectivity index (χ4n) is 2.00. The van der Waals surface area contributed by atoms with Gasteiger partial charge in [0.15, 0.2) is 6.10 Å². The summed E-state index contributed by atoms with van der Waals surface area (Å²) in [6.07, 6.45) is 1.76. The Balaban J connectivity index is 2.08. The lowest BCUT2D eigenvalue weighted by atomic mass is 10.3. The monoisotopic (exact) mass is 389 g/mol. The van der Waals surface area contributed by atoms with Crippen LogP contribution in [0.4, 0.5) is 5.82 Å². The smallest absolute Gasteiger partial charge is 0.266 e. The van der Waals surface area contributed by atoms with Crippen molar-refractivity contribution in [3.8, 4) is 5.75 Å². The Morgan fingerprint density at radius 1 is 1.25 bits per heavy atom. The molecule has 8 heteroatoms. The normalized spacial score (nSPS) is 13.4. The second-order valence-electron chi connectivity index (χ2n) is 5.36. The van der Waals surface area contributed by atoms with E-state index < -0.39 is 6.10 Å². The van der Waals surface area contributed by atoms with Gasteiger partial charge >= 0.3 is 0 Å². The summed E-state index contributed by atoms with van der Waals surface area (Å²) in [7, 11) is 0. The summed E-state index contributed by atoms with van der Waals surface area (Å²) in [5.41, 5.74) is 0. The molecule has 0 aliphatic rings. The first kappa shape index (κ1) is 18.9. The molecule has 2 atom stereocenters. The molecule has 130 valence electrons. The first-order chi connectivity index (χ1) is 11.3. The lowest BCUT2D eigenvalue weighted by Crippen LogP contribution is -2.31. The van der Waals surface area contributed by atoms with Crippen molar-refractivity contribution in [3.05, 3.63) is 39.5 Å². The molecule has 2 aromatic rings. The number of anilines is 1. The van der Waals surface area contributed by atoms with E-state index in [-0.39, 0.29) is 17.0 Å². The fourth-order valence-corrected chi connectivity index (χ4v) is 2.59. The van der Waals surface area contributed by atoms with Crippen LogP contribution in [0.1, 0.15) is 33.2 Å². The van der Waals surface area contributed by atoms with Crippen molar-refractivity contribution in [3.63, 3.8) is 0 Å². The number of hydrogen-bond acceptors (Lipinski definition) is 3. The van der Waals surface area contributed by atoms with Gasteiger partial charge in [0, 0.05) is 12.1 Å². The van der Waals surface area contributed by atoms with Gasteiger partial charge in [-0.05, 0) is 26.3 Å². The standard InChI is InChI=1S/C16H18Cl3N3O2/c1-4-9(2)22-15(5-6-20-22)21-16(23)10(3)24-14-8-12(18)11(17)7-13(14)19/h5-10H,4H2,1-3H3,(H,21,23)/t9-,10-/m1/s1. The van der Waals surface area contributed by atoms with Crippen molar-refractivity contribution in [2.24, 2.45) is 0 Å². The van der Waals surface area contributed by atoms with Gasteiger partial charge in [-0.1, -0.05) is 41.7 Å². The maximum atomic E-state index is 12.4. The van der Waals surface area contributed by atoms with Crippen LogP contribution in [0, 0.1) is 0 Å².